The first-order chi connectivity index (χ1) is 9.75. The predicted molar refractivity (Wildman–Crippen MR) is 82.6 cm³/mol. The molecule has 0 bridgehead atoms. The lowest BCUT2D eigenvalue weighted by Crippen LogP contribution is -2.43. The molecular weight excluding hydrogens is 268 g/mol. The summed E-state index contributed by atoms with van der Waals surface area (Å²) in [5.74, 6) is 0.0894. The maximum atomic E-state index is 12.3. The van der Waals surface area contributed by atoms with Crippen LogP contribution in [0.25, 0.3) is 0 Å². The first-order valence-corrected chi connectivity index (χ1v) is 7.06. The zero-order valence-electron chi connectivity index (χ0n) is 13.6. The molecule has 0 saturated carbocycles. The Hall–Kier alpha value is -2.04. The molecule has 0 radical (unpaired) electrons. The predicted octanol–water partition coefficient (Wildman–Crippen LogP) is 3.01. The van der Waals surface area contributed by atoms with Crippen LogP contribution in [0.1, 0.15) is 38.1 Å². The van der Waals surface area contributed by atoms with Gasteiger partial charge in [-0.3, -0.25) is 4.79 Å². The number of nitrogens with zero attached hydrogens (tertiary/aromatic N) is 2. The largest absolute Gasteiger partial charge is 0.415 e. The van der Waals surface area contributed by atoms with Crippen LogP contribution < -0.4 is 4.74 Å². The van der Waals surface area contributed by atoms with E-state index in [2.05, 4.69) is 0 Å². The van der Waals surface area contributed by atoms with Crippen LogP contribution in [0, 0.1) is 0 Å². The quantitative estimate of drug-likeness (QED) is 0.857. The molecule has 116 valence electrons. The van der Waals surface area contributed by atoms with E-state index < -0.39 is 6.09 Å². The second kappa shape index (κ2) is 7.11. The van der Waals surface area contributed by atoms with Gasteiger partial charge in [0.05, 0.1) is 5.56 Å². The lowest BCUT2D eigenvalue weighted by molar-refractivity contribution is 0.0822. The van der Waals surface area contributed by atoms with Crippen LogP contribution in [-0.4, -0.2) is 48.0 Å². The molecule has 1 rings (SSSR count). The molecule has 0 aromatic heterocycles. The minimum atomic E-state index is -0.445. The Bertz CT molecular complexity index is 502. The van der Waals surface area contributed by atoms with Crippen LogP contribution in [0.5, 0.6) is 5.75 Å². The van der Waals surface area contributed by atoms with Gasteiger partial charge >= 0.3 is 6.09 Å². The molecule has 0 aliphatic rings. The highest BCUT2D eigenvalue weighted by Crippen LogP contribution is 2.21. The Labute approximate surface area is 126 Å². The lowest BCUT2D eigenvalue weighted by atomic mass is 10.2. The summed E-state index contributed by atoms with van der Waals surface area (Å²) in [6.07, 6.45) is -0.445. The van der Waals surface area contributed by atoms with E-state index in [-0.39, 0.29) is 23.7 Å². The van der Waals surface area contributed by atoms with Crippen molar-refractivity contribution in [3.63, 3.8) is 0 Å². The van der Waals surface area contributed by atoms with E-state index in [4.69, 9.17) is 4.74 Å². The number of hydrogen-bond acceptors (Lipinski definition) is 3. The van der Waals surface area contributed by atoms with Gasteiger partial charge in [-0.15, -0.1) is 0 Å². The number of carbonyl (C=O) groups is 2. The monoisotopic (exact) mass is 292 g/mol. The average Bonchev–Trinajstić information content (AvgIpc) is 2.37. The fraction of sp³-hybridized carbons (Fsp3) is 0.500. The van der Waals surface area contributed by atoms with Gasteiger partial charge in [-0.2, -0.15) is 0 Å². The summed E-state index contributed by atoms with van der Waals surface area (Å²) in [6.45, 7) is 7.71. The Balaban J connectivity index is 3.03. The summed E-state index contributed by atoms with van der Waals surface area (Å²) in [7, 11) is 3.32. The van der Waals surface area contributed by atoms with Gasteiger partial charge in [-0.1, -0.05) is 12.1 Å². The molecule has 0 heterocycles. The Morgan fingerprint density at radius 2 is 1.52 bits per heavy atom. The number of ether oxygens (including phenoxy) is 1. The van der Waals surface area contributed by atoms with Gasteiger partial charge < -0.3 is 14.5 Å². The van der Waals surface area contributed by atoms with Crippen LogP contribution >= 0.6 is 0 Å². The van der Waals surface area contributed by atoms with Crippen molar-refractivity contribution in [2.75, 3.05) is 14.1 Å². The summed E-state index contributed by atoms with van der Waals surface area (Å²) in [4.78, 5) is 27.5. The summed E-state index contributed by atoms with van der Waals surface area (Å²) >= 11 is 0. The summed E-state index contributed by atoms with van der Waals surface area (Å²) in [6, 6.07) is 6.82. The summed E-state index contributed by atoms with van der Waals surface area (Å²) in [5.41, 5.74) is 0.378. The SMILES string of the molecule is CC(C)N(C(=O)Oc1ccccc1C(=O)N(C)C)C(C)C. The van der Waals surface area contributed by atoms with Crippen molar-refractivity contribution in [3.8, 4) is 5.75 Å². The summed E-state index contributed by atoms with van der Waals surface area (Å²) < 4.78 is 5.44. The van der Waals surface area contributed by atoms with E-state index >= 15 is 0 Å². The molecule has 0 atom stereocenters. The van der Waals surface area contributed by atoms with E-state index in [9.17, 15) is 9.59 Å². The third kappa shape index (κ3) is 4.21. The van der Waals surface area contributed by atoms with Crippen molar-refractivity contribution < 1.29 is 14.3 Å². The molecule has 21 heavy (non-hydrogen) atoms. The smallest absolute Gasteiger partial charge is 0.409 e. The number of hydrogen-bond donors (Lipinski definition) is 0. The zero-order chi connectivity index (χ0) is 16.2. The third-order valence-corrected chi connectivity index (χ3v) is 3.04. The highest BCUT2D eigenvalue weighted by molar-refractivity contribution is 5.97. The summed E-state index contributed by atoms with van der Waals surface area (Å²) in [5, 5.41) is 0. The molecule has 0 spiro atoms. The third-order valence-electron chi connectivity index (χ3n) is 3.04. The van der Waals surface area contributed by atoms with Gasteiger partial charge in [0.15, 0.2) is 0 Å². The van der Waals surface area contributed by atoms with Gasteiger partial charge in [0.1, 0.15) is 5.75 Å². The number of para-hydroxylation sites is 1. The Kier molecular flexibility index (Phi) is 5.76. The van der Waals surface area contributed by atoms with Crippen LogP contribution in [0.15, 0.2) is 24.3 Å². The van der Waals surface area contributed by atoms with Gasteiger partial charge in [-0.05, 0) is 39.8 Å². The van der Waals surface area contributed by atoms with E-state index in [0.29, 0.717) is 5.56 Å². The standard InChI is InChI=1S/C16H24N2O3/c1-11(2)18(12(3)4)16(20)21-14-10-8-7-9-13(14)15(19)17(5)6/h7-12H,1-6H3. The van der Waals surface area contributed by atoms with Crippen LogP contribution in [0.2, 0.25) is 0 Å². The molecule has 2 amide bonds. The van der Waals surface area contributed by atoms with Crippen molar-refractivity contribution in [2.45, 2.75) is 39.8 Å². The van der Waals surface area contributed by atoms with Gasteiger partial charge in [0.2, 0.25) is 0 Å². The first kappa shape index (κ1) is 17.0. The van der Waals surface area contributed by atoms with Gasteiger partial charge in [0.25, 0.3) is 5.91 Å². The van der Waals surface area contributed by atoms with E-state index in [1.807, 2.05) is 27.7 Å². The Morgan fingerprint density at radius 3 is 2.00 bits per heavy atom. The number of carbonyl (C=O) groups excluding carboxylic acids is 2. The Morgan fingerprint density at radius 1 is 1.00 bits per heavy atom. The highest BCUT2D eigenvalue weighted by Gasteiger charge is 2.24. The van der Waals surface area contributed by atoms with Crippen molar-refractivity contribution >= 4 is 12.0 Å². The molecule has 0 aliphatic carbocycles. The molecule has 0 fully saturated rings. The van der Waals surface area contributed by atoms with Crippen molar-refractivity contribution in [1.29, 1.82) is 0 Å². The maximum Gasteiger partial charge on any atom is 0.415 e. The molecule has 5 heteroatoms. The van der Waals surface area contributed by atoms with E-state index in [1.54, 1.807) is 43.3 Å². The topological polar surface area (TPSA) is 49.9 Å². The molecule has 0 saturated heterocycles. The fourth-order valence-corrected chi connectivity index (χ4v) is 2.14. The normalized spacial score (nSPS) is 10.7. The second-order valence-electron chi connectivity index (χ2n) is 5.66. The molecule has 1 aromatic carbocycles. The second-order valence-corrected chi connectivity index (χ2v) is 5.66. The van der Waals surface area contributed by atoms with Gasteiger partial charge in [-0.25, -0.2) is 4.79 Å². The molecule has 1 aromatic rings. The molecule has 0 unspecified atom stereocenters. The molecular formula is C16H24N2O3. The van der Waals surface area contributed by atoms with Crippen LogP contribution in [0.3, 0.4) is 0 Å². The minimum Gasteiger partial charge on any atom is -0.409 e. The van der Waals surface area contributed by atoms with E-state index in [0.717, 1.165) is 0 Å². The van der Waals surface area contributed by atoms with Crippen molar-refractivity contribution in [1.82, 2.24) is 9.80 Å². The maximum absolute atomic E-state index is 12.3. The number of benzene rings is 1. The number of amides is 2. The fourth-order valence-electron chi connectivity index (χ4n) is 2.14. The molecule has 0 aliphatic heterocycles. The highest BCUT2D eigenvalue weighted by atomic mass is 16.6. The molecule has 5 nitrogen and oxygen atoms in total. The first-order valence-electron chi connectivity index (χ1n) is 7.06. The lowest BCUT2D eigenvalue weighted by Gasteiger charge is -2.29. The zero-order valence-corrected chi connectivity index (χ0v) is 13.6. The minimum absolute atomic E-state index is 0.0224. The van der Waals surface area contributed by atoms with Crippen LogP contribution in [0.4, 0.5) is 4.79 Å². The van der Waals surface area contributed by atoms with Crippen LogP contribution in [-0.2, 0) is 0 Å². The number of rotatable bonds is 4. The van der Waals surface area contributed by atoms with Crippen molar-refractivity contribution in [2.24, 2.45) is 0 Å². The average molecular weight is 292 g/mol. The molecule has 0 N–H and O–H groups in total. The van der Waals surface area contributed by atoms with Gasteiger partial charge in [0, 0.05) is 26.2 Å². The van der Waals surface area contributed by atoms with E-state index in [1.165, 1.54) is 4.90 Å². The van der Waals surface area contributed by atoms with Crippen molar-refractivity contribution in [3.05, 3.63) is 29.8 Å².